The van der Waals surface area contributed by atoms with Gasteiger partial charge in [-0.15, -0.1) is 0 Å². The van der Waals surface area contributed by atoms with Crippen LogP contribution in [0.1, 0.15) is 57.4 Å². The number of hydrogen-bond acceptors (Lipinski definition) is 6. The molecule has 0 bridgehead atoms. The molecule has 1 fully saturated rings. The highest BCUT2D eigenvalue weighted by molar-refractivity contribution is 9.10. The molecule has 3 heterocycles. The van der Waals surface area contributed by atoms with E-state index in [1.54, 1.807) is 37.9 Å². The van der Waals surface area contributed by atoms with E-state index in [4.69, 9.17) is 16.3 Å². The largest absolute Gasteiger partial charge is 0.444 e. The maximum Gasteiger partial charge on any atom is 0.410 e. The van der Waals surface area contributed by atoms with Crippen LogP contribution in [0.25, 0.3) is 16.6 Å². The number of piperazine rings is 1. The summed E-state index contributed by atoms with van der Waals surface area (Å²) in [4.78, 5) is 34.6. The topological polar surface area (TPSA) is 91.5 Å². The smallest absolute Gasteiger partial charge is 0.410 e. The van der Waals surface area contributed by atoms with Gasteiger partial charge in [-0.05, 0) is 67.2 Å². The lowest BCUT2D eigenvalue weighted by Crippen LogP contribution is -2.50. The lowest BCUT2D eigenvalue weighted by atomic mass is 10.0. The molecule has 1 aromatic carbocycles. The maximum absolute atomic E-state index is 15.1. The van der Waals surface area contributed by atoms with E-state index < -0.39 is 23.1 Å². The standard InChI is InChI=1S/C28H30BrClFN5O3/c1-15(2)22-23(16(3)7-8-33-22)36-25-17(13-19(31)20(29)21(25)30)24(18(14-32)26(36)37)34-9-11-35(12-10-34)27(38)39-28(4,5)6/h7-8,13,15H,9-12H2,1-6H3. The van der Waals surface area contributed by atoms with Gasteiger partial charge in [0.1, 0.15) is 23.1 Å². The van der Waals surface area contributed by atoms with Crippen LogP contribution in [-0.4, -0.2) is 52.3 Å². The van der Waals surface area contributed by atoms with E-state index in [-0.39, 0.29) is 26.5 Å². The lowest BCUT2D eigenvalue weighted by Gasteiger charge is -2.37. The van der Waals surface area contributed by atoms with Crippen LogP contribution in [0.15, 0.2) is 27.6 Å². The normalized spacial score (nSPS) is 14.2. The molecule has 8 nitrogen and oxygen atoms in total. The predicted octanol–water partition coefficient (Wildman–Crippen LogP) is 6.30. The first-order valence-electron chi connectivity index (χ1n) is 12.6. The fourth-order valence-electron chi connectivity index (χ4n) is 4.80. The monoisotopic (exact) mass is 617 g/mol. The number of halogens is 3. The number of benzene rings is 1. The summed E-state index contributed by atoms with van der Waals surface area (Å²) in [6, 6.07) is 5.14. The molecular formula is C28H30BrClFN5O3. The fraction of sp³-hybridized carbons (Fsp3) is 0.429. The van der Waals surface area contributed by atoms with E-state index in [0.29, 0.717) is 48.6 Å². The summed E-state index contributed by atoms with van der Waals surface area (Å²) in [5.74, 6) is -0.669. The van der Waals surface area contributed by atoms with E-state index in [1.165, 1.54) is 10.6 Å². The zero-order chi connectivity index (χ0) is 28.8. The molecule has 11 heteroatoms. The highest BCUT2D eigenvalue weighted by atomic mass is 79.9. The van der Waals surface area contributed by atoms with Gasteiger partial charge in [0, 0.05) is 37.8 Å². The first-order valence-corrected chi connectivity index (χ1v) is 13.8. The Bertz CT molecular complexity index is 1570. The number of fused-ring (bicyclic) bond motifs is 1. The third kappa shape index (κ3) is 5.35. The van der Waals surface area contributed by atoms with Crippen LogP contribution in [0, 0.1) is 24.1 Å². The van der Waals surface area contributed by atoms with Gasteiger partial charge in [0.2, 0.25) is 0 Å². The molecule has 1 amide bonds. The highest BCUT2D eigenvalue weighted by Crippen LogP contribution is 2.40. The number of carbonyl (C=O) groups is 1. The van der Waals surface area contributed by atoms with Crippen LogP contribution in [-0.2, 0) is 4.74 Å². The van der Waals surface area contributed by atoms with Gasteiger partial charge >= 0.3 is 6.09 Å². The zero-order valence-corrected chi connectivity index (χ0v) is 25.1. The van der Waals surface area contributed by atoms with Crippen LogP contribution in [0.3, 0.4) is 0 Å². The number of nitriles is 1. The predicted molar refractivity (Wildman–Crippen MR) is 154 cm³/mol. The van der Waals surface area contributed by atoms with Crippen molar-refractivity contribution >= 4 is 50.2 Å². The Morgan fingerprint density at radius 1 is 1.23 bits per heavy atom. The van der Waals surface area contributed by atoms with Crippen molar-refractivity contribution < 1.29 is 13.9 Å². The average Bonchev–Trinajstić information content (AvgIpc) is 2.86. The SMILES string of the molecule is Cc1ccnc(C(C)C)c1-n1c(=O)c(C#N)c(N2CCN(C(=O)OC(C)(C)C)CC2)c2cc(F)c(Br)c(Cl)c21. The summed E-state index contributed by atoms with van der Waals surface area (Å²) in [7, 11) is 0. The quantitative estimate of drug-likeness (QED) is 0.320. The van der Waals surface area contributed by atoms with E-state index >= 15 is 4.39 Å². The Morgan fingerprint density at radius 2 is 1.87 bits per heavy atom. The number of ether oxygens (including phenoxy) is 1. The Balaban J connectivity index is 1.96. The van der Waals surface area contributed by atoms with Crippen LogP contribution in [0.5, 0.6) is 0 Å². The maximum atomic E-state index is 15.1. The van der Waals surface area contributed by atoms with Crippen molar-refractivity contribution in [1.29, 1.82) is 5.26 Å². The number of hydrogen-bond donors (Lipinski definition) is 0. The molecule has 1 saturated heterocycles. The van der Waals surface area contributed by atoms with E-state index in [1.807, 2.05) is 25.7 Å². The Morgan fingerprint density at radius 3 is 2.44 bits per heavy atom. The van der Waals surface area contributed by atoms with Gasteiger partial charge in [-0.2, -0.15) is 5.26 Å². The fourth-order valence-corrected chi connectivity index (χ4v) is 5.38. The highest BCUT2D eigenvalue weighted by Gasteiger charge is 2.31. The lowest BCUT2D eigenvalue weighted by molar-refractivity contribution is 0.0240. The molecule has 0 N–H and O–H groups in total. The van der Waals surface area contributed by atoms with Crippen molar-refractivity contribution in [2.24, 2.45) is 0 Å². The van der Waals surface area contributed by atoms with Gasteiger partial charge in [0.05, 0.1) is 32.1 Å². The number of amides is 1. The van der Waals surface area contributed by atoms with Gasteiger partial charge in [-0.25, -0.2) is 9.18 Å². The summed E-state index contributed by atoms with van der Waals surface area (Å²) in [6.07, 6.45) is 1.23. The number of anilines is 1. The molecule has 0 spiro atoms. The number of pyridine rings is 2. The van der Waals surface area contributed by atoms with E-state index in [0.717, 1.165) is 5.56 Å². The molecule has 1 aliphatic rings. The molecule has 2 aromatic heterocycles. The Kier molecular flexibility index (Phi) is 7.97. The second-order valence-corrected chi connectivity index (χ2v) is 12.0. The molecule has 1 aliphatic heterocycles. The molecule has 0 atom stereocenters. The summed E-state index contributed by atoms with van der Waals surface area (Å²) in [6.45, 7) is 12.4. The van der Waals surface area contributed by atoms with Gasteiger partial charge in [0.25, 0.3) is 5.56 Å². The molecule has 0 aliphatic carbocycles. The molecule has 206 valence electrons. The minimum atomic E-state index is -0.635. The average molecular weight is 619 g/mol. The van der Waals surface area contributed by atoms with E-state index in [2.05, 4.69) is 27.0 Å². The van der Waals surface area contributed by atoms with Crippen molar-refractivity contribution in [3.63, 3.8) is 0 Å². The van der Waals surface area contributed by atoms with Crippen LogP contribution < -0.4 is 10.5 Å². The number of aromatic nitrogens is 2. The molecular weight excluding hydrogens is 589 g/mol. The number of nitrogens with zero attached hydrogens (tertiary/aromatic N) is 5. The Labute approximate surface area is 240 Å². The van der Waals surface area contributed by atoms with Crippen LogP contribution in [0.4, 0.5) is 14.9 Å². The number of aryl methyl sites for hydroxylation is 1. The number of rotatable bonds is 3. The third-order valence-electron chi connectivity index (χ3n) is 6.55. The molecule has 4 rings (SSSR count). The second kappa shape index (κ2) is 10.8. The van der Waals surface area contributed by atoms with Crippen LogP contribution >= 0.6 is 27.5 Å². The second-order valence-electron chi connectivity index (χ2n) is 10.8. The van der Waals surface area contributed by atoms with Gasteiger partial charge in [-0.1, -0.05) is 25.4 Å². The molecule has 3 aromatic rings. The Hall–Kier alpha value is -3.16. The van der Waals surface area contributed by atoms with Crippen molar-refractivity contribution in [2.75, 3.05) is 31.1 Å². The zero-order valence-electron chi connectivity index (χ0n) is 22.7. The number of carbonyl (C=O) groups excluding carboxylic acids is 1. The van der Waals surface area contributed by atoms with Crippen molar-refractivity contribution in [1.82, 2.24) is 14.5 Å². The summed E-state index contributed by atoms with van der Waals surface area (Å²) in [5.41, 5.74) is 1.14. The van der Waals surface area contributed by atoms with Gasteiger partial charge in [0.15, 0.2) is 0 Å². The molecule has 0 unspecified atom stereocenters. The molecule has 0 saturated carbocycles. The first-order chi connectivity index (χ1) is 18.3. The van der Waals surface area contributed by atoms with Crippen molar-refractivity contribution in [3.8, 4) is 11.8 Å². The first kappa shape index (κ1) is 28.8. The van der Waals surface area contributed by atoms with Crippen molar-refractivity contribution in [2.45, 2.75) is 53.1 Å². The van der Waals surface area contributed by atoms with Crippen LogP contribution in [0.2, 0.25) is 5.02 Å². The summed E-state index contributed by atoms with van der Waals surface area (Å²) < 4.78 is 22.0. The minimum Gasteiger partial charge on any atom is -0.444 e. The van der Waals surface area contributed by atoms with E-state index in [9.17, 15) is 14.9 Å². The minimum absolute atomic E-state index is 0.0122. The summed E-state index contributed by atoms with van der Waals surface area (Å²) >= 11 is 9.96. The molecule has 0 radical (unpaired) electrons. The van der Waals surface area contributed by atoms with Gasteiger partial charge < -0.3 is 14.5 Å². The molecule has 39 heavy (non-hydrogen) atoms. The summed E-state index contributed by atoms with van der Waals surface area (Å²) in [5, 5.41) is 10.6. The van der Waals surface area contributed by atoms with Gasteiger partial charge in [-0.3, -0.25) is 14.3 Å². The third-order valence-corrected chi connectivity index (χ3v) is 7.92. The van der Waals surface area contributed by atoms with Crippen molar-refractivity contribution in [3.05, 3.63) is 60.8 Å².